The zero-order chi connectivity index (χ0) is 14.8. The maximum Gasteiger partial charge on any atom is 0.248 e. The highest BCUT2D eigenvalue weighted by molar-refractivity contribution is 7.09. The fourth-order valence-electron chi connectivity index (χ4n) is 1.97. The summed E-state index contributed by atoms with van der Waals surface area (Å²) in [5.41, 5.74) is 7.86. The first-order valence-electron chi connectivity index (χ1n) is 6.44. The summed E-state index contributed by atoms with van der Waals surface area (Å²) in [5, 5.41) is 6.54. The van der Waals surface area contributed by atoms with Crippen molar-refractivity contribution in [2.75, 3.05) is 0 Å². The molecule has 1 aromatic carbocycles. The number of carbonyl (C=O) groups excluding carboxylic acids is 1. The van der Waals surface area contributed by atoms with Gasteiger partial charge < -0.3 is 11.1 Å². The van der Waals surface area contributed by atoms with Gasteiger partial charge in [0.1, 0.15) is 5.01 Å². The molecule has 0 aliphatic heterocycles. The van der Waals surface area contributed by atoms with Gasteiger partial charge >= 0.3 is 0 Å². The molecular formula is C15H19N3OS. The van der Waals surface area contributed by atoms with E-state index in [-0.39, 0.29) is 5.54 Å². The molecule has 0 radical (unpaired) electrons. The number of carbonyl (C=O) groups is 1. The van der Waals surface area contributed by atoms with E-state index in [0.717, 1.165) is 22.7 Å². The summed E-state index contributed by atoms with van der Waals surface area (Å²) in [6.45, 7) is 6.93. The van der Waals surface area contributed by atoms with Gasteiger partial charge in [-0.05, 0) is 44.0 Å². The number of rotatable bonds is 5. The SMILES string of the molecule is Cc1cc(C(N)=O)ccc1CNC(C)(C)c1nccs1. The third-order valence-corrected chi connectivity index (χ3v) is 4.41. The Kier molecular flexibility index (Phi) is 4.20. The predicted molar refractivity (Wildman–Crippen MR) is 81.7 cm³/mol. The number of benzene rings is 1. The summed E-state index contributed by atoms with van der Waals surface area (Å²) >= 11 is 1.64. The number of nitrogens with one attached hydrogen (secondary N) is 1. The number of aryl methyl sites for hydroxylation is 1. The zero-order valence-electron chi connectivity index (χ0n) is 11.9. The molecule has 0 spiro atoms. The number of hydrogen-bond donors (Lipinski definition) is 2. The van der Waals surface area contributed by atoms with Crippen LogP contribution in [0.5, 0.6) is 0 Å². The van der Waals surface area contributed by atoms with Crippen molar-refractivity contribution < 1.29 is 4.79 Å². The van der Waals surface area contributed by atoms with E-state index in [4.69, 9.17) is 5.73 Å². The Morgan fingerprint density at radius 2 is 2.20 bits per heavy atom. The number of nitrogens with zero attached hydrogens (tertiary/aromatic N) is 1. The van der Waals surface area contributed by atoms with Crippen LogP contribution in [0.3, 0.4) is 0 Å². The smallest absolute Gasteiger partial charge is 0.248 e. The van der Waals surface area contributed by atoms with Crippen LogP contribution in [0.25, 0.3) is 0 Å². The van der Waals surface area contributed by atoms with Gasteiger partial charge in [-0.25, -0.2) is 4.98 Å². The average Bonchev–Trinajstić information content (AvgIpc) is 2.91. The van der Waals surface area contributed by atoms with Crippen LogP contribution < -0.4 is 11.1 Å². The Morgan fingerprint density at radius 1 is 1.45 bits per heavy atom. The highest BCUT2D eigenvalue weighted by Gasteiger charge is 2.22. The lowest BCUT2D eigenvalue weighted by Gasteiger charge is -2.24. The van der Waals surface area contributed by atoms with Crippen molar-refractivity contribution in [1.29, 1.82) is 0 Å². The molecule has 106 valence electrons. The summed E-state index contributed by atoms with van der Waals surface area (Å²) in [4.78, 5) is 15.5. The maximum atomic E-state index is 11.1. The number of amides is 1. The first-order chi connectivity index (χ1) is 9.40. The van der Waals surface area contributed by atoms with Gasteiger partial charge in [0, 0.05) is 23.7 Å². The highest BCUT2D eigenvalue weighted by atomic mass is 32.1. The summed E-state index contributed by atoms with van der Waals surface area (Å²) in [6.07, 6.45) is 1.82. The van der Waals surface area contributed by atoms with E-state index in [1.54, 1.807) is 17.4 Å². The van der Waals surface area contributed by atoms with Crippen molar-refractivity contribution in [3.05, 3.63) is 51.5 Å². The molecule has 0 saturated heterocycles. The monoisotopic (exact) mass is 289 g/mol. The highest BCUT2D eigenvalue weighted by Crippen LogP contribution is 2.23. The van der Waals surface area contributed by atoms with E-state index in [1.165, 1.54) is 0 Å². The fourth-order valence-corrected chi connectivity index (χ4v) is 2.71. The van der Waals surface area contributed by atoms with Crippen LogP contribution in [0.15, 0.2) is 29.8 Å². The van der Waals surface area contributed by atoms with E-state index in [2.05, 4.69) is 24.1 Å². The van der Waals surface area contributed by atoms with E-state index in [1.807, 2.05) is 30.6 Å². The van der Waals surface area contributed by atoms with Crippen LogP contribution in [0.2, 0.25) is 0 Å². The molecule has 1 aromatic heterocycles. The molecule has 1 amide bonds. The van der Waals surface area contributed by atoms with Crippen LogP contribution >= 0.6 is 11.3 Å². The second-order valence-corrected chi connectivity index (χ2v) is 6.22. The topological polar surface area (TPSA) is 68.0 Å². The molecule has 0 fully saturated rings. The summed E-state index contributed by atoms with van der Waals surface area (Å²) in [6, 6.07) is 5.54. The minimum atomic E-state index is -0.393. The van der Waals surface area contributed by atoms with Crippen molar-refractivity contribution in [3.8, 4) is 0 Å². The van der Waals surface area contributed by atoms with Crippen molar-refractivity contribution in [3.63, 3.8) is 0 Å². The van der Waals surface area contributed by atoms with Gasteiger partial charge in [-0.1, -0.05) is 6.07 Å². The summed E-state index contributed by atoms with van der Waals surface area (Å²) in [5.74, 6) is -0.393. The van der Waals surface area contributed by atoms with E-state index in [9.17, 15) is 4.79 Å². The molecule has 1 heterocycles. The lowest BCUT2D eigenvalue weighted by atomic mass is 10.0. The summed E-state index contributed by atoms with van der Waals surface area (Å²) in [7, 11) is 0. The van der Waals surface area contributed by atoms with Gasteiger partial charge in [-0.3, -0.25) is 4.79 Å². The Labute approximate surface area is 123 Å². The molecule has 2 rings (SSSR count). The lowest BCUT2D eigenvalue weighted by Crippen LogP contribution is -2.36. The second-order valence-electron chi connectivity index (χ2n) is 5.32. The van der Waals surface area contributed by atoms with Crippen LogP contribution in [0.4, 0.5) is 0 Å². The minimum Gasteiger partial charge on any atom is -0.366 e. The fraction of sp³-hybridized carbons (Fsp3) is 0.333. The molecule has 4 nitrogen and oxygen atoms in total. The van der Waals surface area contributed by atoms with E-state index >= 15 is 0 Å². The lowest BCUT2D eigenvalue weighted by molar-refractivity contribution is 0.1000. The number of primary amides is 1. The number of thiazole rings is 1. The third kappa shape index (κ3) is 3.23. The first kappa shape index (κ1) is 14.7. The van der Waals surface area contributed by atoms with Crippen LogP contribution in [0.1, 0.15) is 40.3 Å². The maximum absolute atomic E-state index is 11.1. The zero-order valence-corrected chi connectivity index (χ0v) is 12.8. The van der Waals surface area contributed by atoms with Gasteiger partial charge in [0.25, 0.3) is 0 Å². The average molecular weight is 289 g/mol. The van der Waals surface area contributed by atoms with Gasteiger partial charge in [0.05, 0.1) is 5.54 Å². The molecule has 0 bridgehead atoms. The molecular weight excluding hydrogens is 270 g/mol. The largest absolute Gasteiger partial charge is 0.366 e. The molecule has 5 heteroatoms. The van der Waals surface area contributed by atoms with Crippen LogP contribution in [0, 0.1) is 6.92 Å². The molecule has 2 aromatic rings. The number of nitrogens with two attached hydrogens (primary N) is 1. The van der Waals surface area contributed by atoms with Gasteiger partial charge in [-0.15, -0.1) is 11.3 Å². The van der Waals surface area contributed by atoms with E-state index in [0.29, 0.717) is 5.56 Å². The molecule has 3 N–H and O–H groups in total. The molecule has 0 aliphatic rings. The van der Waals surface area contributed by atoms with Gasteiger partial charge in [0.15, 0.2) is 0 Å². The molecule has 0 atom stereocenters. The third-order valence-electron chi connectivity index (χ3n) is 3.31. The number of aromatic nitrogens is 1. The standard InChI is InChI=1S/C15H19N3OS/c1-10-8-11(13(16)19)4-5-12(10)9-18-15(2,3)14-17-6-7-20-14/h4-8,18H,9H2,1-3H3,(H2,16,19). The quantitative estimate of drug-likeness (QED) is 0.889. The first-order valence-corrected chi connectivity index (χ1v) is 7.32. The van der Waals surface area contributed by atoms with Crippen LogP contribution in [-0.4, -0.2) is 10.9 Å². The van der Waals surface area contributed by atoms with E-state index < -0.39 is 5.91 Å². The van der Waals surface area contributed by atoms with Crippen molar-refractivity contribution in [2.24, 2.45) is 5.73 Å². The second kappa shape index (κ2) is 5.73. The van der Waals surface area contributed by atoms with Gasteiger partial charge in [0.2, 0.25) is 5.91 Å². The Bertz CT molecular complexity index is 606. The predicted octanol–water partition coefficient (Wildman–Crippen LogP) is 2.58. The molecule has 0 unspecified atom stereocenters. The van der Waals surface area contributed by atoms with Crippen molar-refractivity contribution in [1.82, 2.24) is 10.3 Å². The Hall–Kier alpha value is -1.72. The Morgan fingerprint density at radius 3 is 2.75 bits per heavy atom. The molecule has 0 saturated carbocycles. The minimum absolute atomic E-state index is 0.178. The summed E-state index contributed by atoms with van der Waals surface area (Å²) < 4.78 is 0. The molecule has 20 heavy (non-hydrogen) atoms. The number of hydrogen-bond acceptors (Lipinski definition) is 4. The van der Waals surface area contributed by atoms with Crippen molar-refractivity contribution >= 4 is 17.2 Å². The molecule has 0 aliphatic carbocycles. The van der Waals surface area contributed by atoms with Crippen LogP contribution in [-0.2, 0) is 12.1 Å². The normalized spacial score (nSPS) is 11.6. The Balaban J connectivity index is 2.10. The van der Waals surface area contributed by atoms with Gasteiger partial charge in [-0.2, -0.15) is 0 Å². The van der Waals surface area contributed by atoms with Crippen molar-refractivity contribution in [2.45, 2.75) is 32.9 Å².